The van der Waals surface area contributed by atoms with Crippen LogP contribution in [-0.4, -0.2) is 53.2 Å². The van der Waals surface area contributed by atoms with E-state index < -0.39 is 65.4 Å². The Hall–Kier alpha value is -3.90. The van der Waals surface area contributed by atoms with Gasteiger partial charge in [-0.05, 0) is 42.7 Å². The molecule has 6 atom stereocenters. The predicted octanol–water partition coefficient (Wildman–Crippen LogP) is 2.51. The minimum atomic E-state index is -1.35. The van der Waals surface area contributed by atoms with Crippen LogP contribution in [0.15, 0.2) is 47.6 Å². The molecule has 3 N–H and O–H groups in total. The Morgan fingerprint density at radius 3 is 2.49 bits per heavy atom. The highest BCUT2D eigenvalue weighted by Crippen LogP contribution is 2.50. The topological polar surface area (TPSA) is 138 Å². The zero-order valence-electron chi connectivity index (χ0n) is 20.9. The van der Waals surface area contributed by atoms with Crippen molar-refractivity contribution in [2.24, 2.45) is 28.8 Å². The lowest BCUT2D eigenvalue weighted by atomic mass is 9.60. The van der Waals surface area contributed by atoms with Gasteiger partial charge in [0.2, 0.25) is 11.8 Å². The van der Waals surface area contributed by atoms with Crippen LogP contribution in [0.4, 0.5) is 19.3 Å². The molecule has 2 aromatic carbocycles. The summed E-state index contributed by atoms with van der Waals surface area (Å²) in [5.41, 5.74) is 3.01. The van der Waals surface area contributed by atoms with Crippen LogP contribution >= 0.6 is 0 Å². The molecule has 3 amide bonds. The summed E-state index contributed by atoms with van der Waals surface area (Å²) < 4.78 is 38.2. The van der Waals surface area contributed by atoms with E-state index in [1.807, 2.05) is 0 Å². The highest BCUT2D eigenvalue weighted by molar-refractivity contribution is 6.22. The third-order valence-electron chi connectivity index (χ3n) is 7.75. The number of carbonyl (C=O) groups excluding carboxylic acids is 3. The number of hydrogen-bond acceptors (Lipinski definition) is 8. The Labute approximate surface area is 222 Å². The van der Waals surface area contributed by atoms with E-state index in [4.69, 9.17) is 9.47 Å². The number of methoxy groups -OCH3 is 1. The summed E-state index contributed by atoms with van der Waals surface area (Å²) in [7, 11) is 1.54. The molecule has 5 rings (SSSR count). The minimum Gasteiger partial charge on any atom is -0.497 e. The fraction of sp³-hybridized carbons (Fsp3) is 0.407. The number of aliphatic hydroxyl groups is 2. The quantitative estimate of drug-likeness (QED) is 0.389. The number of benzene rings is 2. The summed E-state index contributed by atoms with van der Waals surface area (Å²) in [6.07, 6.45) is -2.96. The predicted molar refractivity (Wildman–Crippen MR) is 132 cm³/mol. The van der Waals surface area contributed by atoms with E-state index in [1.54, 1.807) is 24.3 Å². The van der Waals surface area contributed by atoms with Crippen molar-refractivity contribution >= 4 is 29.3 Å². The number of halogens is 2. The van der Waals surface area contributed by atoms with E-state index in [2.05, 4.69) is 10.5 Å². The van der Waals surface area contributed by atoms with Crippen molar-refractivity contribution < 1.29 is 42.9 Å². The van der Waals surface area contributed by atoms with Gasteiger partial charge in [0.25, 0.3) is 0 Å². The number of nitrogens with zero attached hydrogens (tertiary/aromatic N) is 2. The number of fused-ring (bicyclic) bond motifs is 3. The van der Waals surface area contributed by atoms with Crippen LogP contribution in [-0.2, 0) is 20.9 Å². The molecule has 0 spiro atoms. The number of imide groups is 1. The van der Waals surface area contributed by atoms with Gasteiger partial charge in [-0.25, -0.2) is 23.9 Å². The van der Waals surface area contributed by atoms with E-state index in [1.165, 1.54) is 7.11 Å². The van der Waals surface area contributed by atoms with Crippen LogP contribution in [0.1, 0.15) is 24.8 Å². The normalized spacial score (nSPS) is 29.2. The maximum Gasteiger partial charge on any atom is 0.428 e. The number of aliphatic hydroxyl groups excluding tert-OH is 2. The Balaban J connectivity index is 1.32. The molecule has 0 aromatic heterocycles. The number of hydrazone groups is 1. The summed E-state index contributed by atoms with van der Waals surface area (Å²) >= 11 is 0. The molecule has 10 nitrogen and oxygen atoms in total. The first-order valence-corrected chi connectivity index (χ1v) is 12.5. The number of carbonyl (C=O) groups is 3. The minimum absolute atomic E-state index is 0.0236. The van der Waals surface area contributed by atoms with Crippen LogP contribution in [0.25, 0.3) is 0 Å². The zero-order chi connectivity index (χ0) is 27.8. The second kappa shape index (κ2) is 10.7. The smallest absolute Gasteiger partial charge is 0.428 e. The fourth-order valence-corrected chi connectivity index (χ4v) is 5.92. The first-order valence-electron chi connectivity index (χ1n) is 12.5. The summed E-state index contributed by atoms with van der Waals surface area (Å²) in [5, 5.41) is 25.6. The summed E-state index contributed by atoms with van der Waals surface area (Å²) in [5.74, 6) is -5.93. The van der Waals surface area contributed by atoms with Crippen molar-refractivity contribution in [2.75, 3.05) is 12.0 Å². The lowest BCUT2D eigenvalue weighted by Gasteiger charge is -2.45. The van der Waals surface area contributed by atoms with Gasteiger partial charge in [-0.3, -0.25) is 9.59 Å². The van der Waals surface area contributed by atoms with E-state index in [0.29, 0.717) is 28.8 Å². The Morgan fingerprint density at radius 2 is 1.79 bits per heavy atom. The van der Waals surface area contributed by atoms with Crippen molar-refractivity contribution in [1.82, 2.24) is 5.43 Å². The number of anilines is 1. The second-order valence-electron chi connectivity index (χ2n) is 9.90. The summed E-state index contributed by atoms with van der Waals surface area (Å²) in [6.45, 7) is -0.0236. The standard InChI is InChI=1S/C27H27F2N3O7/c1-38-15-5-2-13(3-6-15)12-39-27(37)31-30-19-11-21(33)24(34)22-16(19)7-8-17-23(22)26(36)32(25(17)35)20-9-4-14(28)10-18(20)29/h2-6,9-10,16-17,21-24,33-34H,7-8,11-12H2,1H3,(H,31,37)/t16-,17-,21-,22+,23-,24-/m1/s1. The highest BCUT2D eigenvalue weighted by atomic mass is 19.1. The lowest BCUT2D eigenvalue weighted by Crippen LogP contribution is -2.55. The van der Waals surface area contributed by atoms with Gasteiger partial charge >= 0.3 is 6.09 Å². The van der Waals surface area contributed by atoms with Crippen LogP contribution in [0, 0.1) is 35.3 Å². The third kappa shape index (κ3) is 4.97. The average molecular weight is 544 g/mol. The highest BCUT2D eigenvalue weighted by Gasteiger charge is 2.60. The van der Waals surface area contributed by atoms with Gasteiger partial charge < -0.3 is 19.7 Å². The molecule has 2 aromatic rings. The number of ether oxygens (including phenoxy) is 2. The Bertz CT molecular complexity index is 1320. The third-order valence-corrected chi connectivity index (χ3v) is 7.75. The maximum absolute atomic E-state index is 14.5. The summed E-state index contributed by atoms with van der Waals surface area (Å²) in [4.78, 5) is 39.6. The SMILES string of the molecule is COc1ccc(COC(=O)NN=C2C[C@@H](O)[C@@H](O)[C@@H]3[C@@H]4C(=O)N(c5ccc(F)cc5F)C(=O)[C@@H]4CC[C@H]23)cc1. The molecule has 1 saturated heterocycles. The van der Waals surface area contributed by atoms with E-state index in [9.17, 15) is 33.4 Å². The molecule has 39 heavy (non-hydrogen) atoms. The number of rotatable bonds is 5. The molecule has 0 radical (unpaired) electrons. The molecule has 12 heteroatoms. The van der Waals surface area contributed by atoms with Gasteiger partial charge in [-0.1, -0.05) is 12.1 Å². The van der Waals surface area contributed by atoms with Gasteiger partial charge in [-0.15, -0.1) is 0 Å². The Morgan fingerprint density at radius 1 is 1.08 bits per heavy atom. The molecule has 3 fully saturated rings. The second-order valence-corrected chi connectivity index (χ2v) is 9.90. The molecular weight excluding hydrogens is 516 g/mol. The maximum atomic E-state index is 14.5. The number of hydrogen-bond donors (Lipinski definition) is 3. The van der Waals surface area contributed by atoms with E-state index in [0.717, 1.165) is 17.7 Å². The van der Waals surface area contributed by atoms with Crippen LogP contribution in [0.3, 0.4) is 0 Å². The molecule has 1 heterocycles. The van der Waals surface area contributed by atoms with Crippen molar-refractivity contribution in [2.45, 2.75) is 38.1 Å². The average Bonchev–Trinajstić information content (AvgIpc) is 3.18. The zero-order valence-corrected chi connectivity index (χ0v) is 20.9. The van der Waals surface area contributed by atoms with Crippen molar-refractivity contribution in [1.29, 1.82) is 0 Å². The van der Waals surface area contributed by atoms with Crippen LogP contribution in [0.2, 0.25) is 0 Å². The van der Waals surface area contributed by atoms with E-state index >= 15 is 0 Å². The molecule has 3 aliphatic rings. The monoisotopic (exact) mass is 543 g/mol. The first-order chi connectivity index (χ1) is 18.7. The van der Waals surface area contributed by atoms with Gasteiger partial charge in [0.15, 0.2) is 0 Å². The largest absolute Gasteiger partial charge is 0.497 e. The summed E-state index contributed by atoms with van der Waals surface area (Å²) in [6, 6.07) is 9.49. The molecule has 2 saturated carbocycles. The van der Waals surface area contributed by atoms with Crippen molar-refractivity contribution in [3.05, 3.63) is 59.7 Å². The van der Waals surface area contributed by atoms with Crippen LogP contribution < -0.4 is 15.1 Å². The van der Waals surface area contributed by atoms with Gasteiger partial charge in [0, 0.05) is 30.0 Å². The van der Waals surface area contributed by atoms with Crippen molar-refractivity contribution in [3.63, 3.8) is 0 Å². The molecule has 0 bridgehead atoms. The van der Waals surface area contributed by atoms with E-state index in [-0.39, 0.29) is 25.1 Å². The molecule has 2 aliphatic carbocycles. The molecule has 206 valence electrons. The number of nitrogens with one attached hydrogen (secondary N) is 1. The first kappa shape index (κ1) is 26.7. The molecule has 0 unspecified atom stereocenters. The number of amides is 3. The Kier molecular flexibility index (Phi) is 7.32. The van der Waals surface area contributed by atoms with Gasteiger partial charge in [-0.2, -0.15) is 5.10 Å². The van der Waals surface area contributed by atoms with Gasteiger partial charge in [0.1, 0.15) is 24.0 Å². The fourth-order valence-electron chi connectivity index (χ4n) is 5.92. The molecular formula is C27H27F2N3O7. The van der Waals surface area contributed by atoms with Crippen LogP contribution in [0.5, 0.6) is 5.75 Å². The van der Waals surface area contributed by atoms with Crippen molar-refractivity contribution in [3.8, 4) is 5.75 Å². The van der Waals surface area contributed by atoms with Gasteiger partial charge in [0.05, 0.1) is 36.8 Å². The lowest BCUT2D eigenvalue weighted by molar-refractivity contribution is -0.132. The molecule has 1 aliphatic heterocycles.